The Morgan fingerprint density at radius 1 is 1.50 bits per heavy atom. The van der Waals surface area contributed by atoms with Gasteiger partial charge in [-0.05, 0) is 18.3 Å². The largest absolute Gasteiger partial charge is 0.315 e. The molecule has 2 atom stereocenters. The van der Waals surface area contributed by atoms with Gasteiger partial charge in [0.2, 0.25) is 0 Å². The van der Waals surface area contributed by atoms with Gasteiger partial charge >= 0.3 is 0 Å². The molecule has 2 rings (SSSR count). The Morgan fingerprint density at radius 3 is 2.86 bits per heavy atom. The van der Waals surface area contributed by atoms with Crippen LogP contribution in [0.3, 0.4) is 0 Å². The van der Waals surface area contributed by atoms with Crippen LogP contribution in [-0.4, -0.2) is 36.7 Å². The number of hydrogen-bond acceptors (Lipinski definition) is 3. The highest BCUT2D eigenvalue weighted by Gasteiger charge is 2.38. The summed E-state index contributed by atoms with van der Waals surface area (Å²) in [5.41, 5.74) is 0.548. The predicted octanol–water partition coefficient (Wildman–Crippen LogP) is 1.47. The molecular weight excluding hydrogens is 192 g/mol. The summed E-state index contributed by atoms with van der Waals surface area (Å²) in [5, 5.41) is 7.96. The van der Waals surface area contributed by atoms with Crippen LogP contribution in [0.15, 0.2) is 0 Å². The summed E-state index contributed by atoms with van der Waals surface area (Å²) in [6.07, 6.45) is 2.76. The summed E-state index contributed by atoms with van der Waals surface area (Å²) in [4.78, 5) is 0. The van der Waals surface area contributed by atoms with Crippen molar-refractivity contribution in [3.8, 4) is 0 Å². The van der Waals surface area contributed by atoms with E-state index in [1.54, 1.807) is 0 Å². The summed E-state index contributed by atoms with van der Waals surface area (Å²) in [5.74, 6) is 1.28. The van der Waals surface area contributed by atoms with Gasteiger partial charge in [0.25, 0.3) is 0 Å². The molecule has 0 aromatic rings. The SMILES string of the molecule is CC1(C)CCC1NCC1CNCCS1. The van der Waals surface area contributed by atoms with E-state index in [4.69, 9.17) is 0 Å². The minimum atomic E-state index is 0.548. The molecule has 2 aliphatic rings. The van der Waals surface area contributed by atoms with Crippen LogP contribution in [0.4, 0.5) is 0 Å². The maximum absolute atomic E-state index is 3.72. The van der Waals surface area contributed by atoms with Gasteiger partial charge < -0.3 is 10.6 Å². The molecule has 1 heterocycles. The van der Waals surface area contributed by atoms with Crippen molar-refractivity contribution in [2.24, 2.45) is 5.41 Å². The lowest BCUT2D eigenvalue weighted by molar-refractivity contribution is 0.110. The van der Waals surface area contributed by atoms with Crippen molar-refractivity contribution in [3.63, 3.8) is 0 Å². The van der Waals surface area contributed by atoms with Gasteiger partial charge in [0.05, 0.1) is 0 Å². The lowest BCUT2D eigenvalue weighted by Crippen LogP contribution is -2.52. The van der Waals surface area contributed by atoms with Crippen LogP contribution < -0.4 is 10.6 Å². The molecule has 1 saturated carbocycles. The second-order valence-electron chi connectivity index (χ2n) is 5.19. The van der Waals surface area contributed by atoms with Crippen LogP contribution in [0.2, 0.25) is 0 Å². The predicted molar refractivity (Wildman–Crippen MR) is 63.9 cm³/mol. The number of thioether (sulfide) groups is 1. The summed E-state index contributed by atoms with van der Waals surface area (Å²) >= 11 is 2.11. The monoisotopic (exact) mass is 214 g/mol. The Morgan fingerprint density at radius 2 is 2.36 bits per heavy atom. The van der Waals surface area contributed by atoms with Gasteiger partial charge in [-0.2, -0.15) is 11.8 Å². The minimum absolute atomic E-state index is 0.548. The van der Waals surface area contributed by atoms with E-state index in [0.29, 0.717) is 5.41 Å². The highest BCUT2D eigenvalue weighted by atomic mass is 32.2. The quantitative estimate of drug-likeness (QED) is 0.744. The Hall–Kier alpha value is 0.270. The van der Waals surface area contributed by atoms with Gasteiger partial charge in [0.1, 0.15) is 0 Å². The molecule has 2 N–H and O–H groups in total. The molecule has 1 saturated heterocycles. The molecule has 2 fully saturated rings. The highest BCUT2D eigenvalue weighted by Crippen LogP contribution is 2.39. The van der Waals surface area contributed by atoms with Crippen LogP contribution in [0.5, 0.6) is 0 Å². The van der Waals surface area contributed by atoms with E-state index in [1.807, 2.05) is 0 Å². The average molecular weight is 214 g/mol. The number of hydrogen-bond donors (Lipinski definition) is 2. The van der Waals surface area contributed by atoms with Gasteiger partial charge in [0, 0.05) is 36.7 Å². The van der Waals surface area contributed by atoms with E-state index in [0.717, 1.165) is 11.3 Å². The summed E-state index contributed by atoms with van der Waals surface area (Å²) in [6.45, 7) is 8.31. The molecule has 2 nitrogen and oxygen atoms in total. The maximum atomic E-state index is 3.72. The average Bonchev–Trinajstić information content (AvgIpc) is 2.18. The maximum Gasteiger partial charge on any atom is 0.0297 e. The van der Waals surface area contributed by atoms with E-state index in [-0.39, 0.29) is 0 Å². The Bertz CT molecular complexity index is 188. The Balaban J connectivity index is 1.66. The first-order chi connectivity index (χ1) is 6.68. The molecule has 0 aromatic carbocycles. The van der Waals surface area contributed by atoms with Crippen LogP contribution in [-0.2, 0) is 0 Å². The zero-order valence-corrected chi connectivity index (χ0v) is 10.1. The van der Waals surface area contributed by atoms with Gasteiger partial charge in [-0.25, -0.2) is 0 Å². The highest BCUT2D eigenvalue weighted by molar-refractivity contribution is 8.00. The van der Waals surface area contributed by atoms with Crippen molar-refractivity contribution in [2.75, 3.05) is 25.4 Å². The first kappa shape index (κ1) is 10.8. The molecule has 1 aliphatic heterocycles. The third-order valence-electron chi connectivity index (χ3n) is 3.62. The zero-order valence-electron chi connectivity index (χ0n) is 9.31. The minimum Gasteiger partial charge on any atom is -0.315 e. The van der Waals surface area contributed by atoms with Crippen LogP contribution >= 0.6 is 11.8 Å². The number of rotatable bonds is 3. The molecule has 0 aromatic heterocycles. The van der Waals surface area contributed by atoms with Gasteiger partial charge in [-0.3, -0.25) is 0 Å². The second kappa shape index (κ2) is 4.42. The molecule has 2 unspecified atom stereocenters. The van der Waals surface area contributed by atoms with Crippen molar-refractivity contribution >= 4 is 11.8 Å². The lowest BCUT2D eigenvalue weighted by atomic mass is 9.67. The topological polar surface area (TPSA) is 24.1 Å². The summed E-state index contributed by atoms with van der Waals surface area (Å²) in [6, 6.07) is 0.769. The summed E-state index contributed by atoms with van der Waals surface area (Å²) in [7, 11) is 0. The van der Waals surface area contributed by atoms with Gasteiger partial charge in [-0.15, -0.1) is 0 Å². The molecule has 0 spiro atoms. The molecule has 0 bridgehead atoms. The van der Waals surface area contributed by atoms with Crippen LogP contribution in [0.1, 0.15) is 26.7 Å². The van der Waals surface area contributed by atoms with Gasteiger partial charge in [0.15, 0.2) is 0 Å². The van der Waals surface area contributed by atoms with E-state index in [1.165, 1.54) is 38.2 Å². The first-order valence-corrected chi connectivity index (χ1v) is 6.79. The van der Waals surface area contributed by atoms with Gasteiger partial charge in [-0.1, -0.05) is 13.8 Å². The van der Waals surface area contributed by atoms with Crippen LogP contribution in [0.25, 0.3) is 0 Å². The van der Waals surface area contributed by atoms with E-state index >= 15 is 0 Å². The first-order valence-electron chi connectivity index (χ1n) is 5.74. The van der Waals surface area contributed by atoms with E-state index < -0.39 is 0 Å². The smallest absolute Gasteiger partial charge is 0.0297 e. The Labute approximate surface area is 91.6 Å². The summed E-state index contributed by atoms with van der Waals surface area (Å²) < 4.78 is 0. The van der Waals surface area contributed by atoms with E-state index in [2.05, 4.69) is 36.2 Å². The van der Waals surface area contributed by atoms with E-state index in [9.17, 15) is 0 Å². The Kier molecular flexibility index (Phi) is 3.40. The van der Waals surface area contributed by atoms with Crippen molar-refractivity contribution in [2.45, 2.75) is 38.0 Å². The fraction of sp³-hybridized carbons (Fsp3) is 1.00. The second-order valence-corrected chi connectivity index (χ2v) is 6.59. The molecule has 0 amide bonds. The third-order valence-corrected chi connectivity index (χ3v) is 4.86. The molecule has 82 valence electrons. The normalized spacial score (nSPS) is 36.4. The molecule has 0 radical (unpaired) electrons. The third kappa shape index (κ3) is 2.44. The molecule has 3 heteroatoms. The fourth-order valence-corrected chi connectivity index (χ4v) is 3.31. The molecule has 14 heavy (non-hydrogen) atoms. The van der Waals surface area contributed by atoms with Crippen molar-refractivity contribution in [1.82, 2.24) is 10.6 Å². The van der Waals surface area contributed by atoms with Crippen molar-refractivity contribution < 1.29 is 0 Å². The molecular formula is C11H22N2S. The lowest BCUT2D eigenvalue weighted by Gasteiger charge is -2.45. The van der Waals surface area contributed by atoms with Crippen molar-refractivity contribution in [3.05, 3.63) is 0 Å². The standard InChI is InChI=1S/C11H22N2S/c1-11(2)4-3-10(11)13-8-9-7-12-5-6-14-9/h9-10,12-13H,3-8H2,1-2H3. The zero-order chi connectivity index (χ0) is 10.0. The molecule has 1 aliphatic carbocycles. The fourth-order valence-electron chi connectivity index (χ4n) is 2.27. The number of nitrogens with one attached hydrogen (secondary N) is 2. The van der Waals surface area contributed by atoms with Crippen molar-refractivity contribution in [1.29, 1.82) is 0 Å². The van der Waals surface area contributed by atoms with Crippen LogP contribution in [0, 0.1) is 5.41 Å².